The molecule has 0 saturated heterocycles. The molecule has 3 unspecified atom stereocenters. The van der Waals surface area contributed by atoms with Crippen LogP contribution in [0.4, 0.5) is 0 Å². The molecule has 68 heavy (non-hydrogen) atoms. The number of carbonyl (C=O) groups is 3. The largest absolute Gasteiger partial charge is 0.472 e. The molecule has 0 amide bonds. The summed E-state index contributed by atoms with van der Waals surface area (Å²) in [6.07, 6.45) is 59.5. The number of phosphoric ester groups is 1. The van der Waals surface area contributed by atoms with E-state index in [1.54, 1.807) is 12.2 Å². The van der Waals surface area contributed by atoms with E-state index in [9.17, 15) is 28.9 Å². The van der Waals surface area contributed by atoms with Crippen molar-refractivity contribution in [3.05, 3.63) is 122 Å². The summed E-state index contributed by atoms with van der Waals surface area (Å²) >= 11 is 0. The van der Waals surface area contributed by atoms with Crippen LogP contribution in [-0.2, 0) is 42.2 Å². The van der Waals surface area contributed by atoms with Crippen molar-refractivity contribution in [2.45, 2.75) is 187 Å². The van der Waals surface area contributed by atoms with Crippen molar-refractivity contribution in [1.82, 2.24) is 0 Å². The molecule has 0 spiro atoms. The number of phosphoric acid groups is 1. The minimum absolute atomic E-state index is 0.0675. The molecule has 384 valence electrons. The molecule has 0 aliphatic heterocycles. The number of rotatable bonds is 45. The summed E-state index contributed by atoms with van der Waals surface area (Å²) in [5.41, 5.74) is 0. The predicted molar refractivity (Wildman–Crippen MR) is 279 cm³/mol. The normalized spacial score (nSPS) is 14.5. The summed E-state index contributed by atoms with van der Waals surface area (Å²) in [4.78, 5) is 48.1. The van der Waals surface area contributed by atoms with Gasteiger partial charge in [-0.05, 0) is 70.6 Å². The second-order valence-electron chi connectivity index (χ2n) is 16.3. The Morgan fingerprint density at radius 2 is 0.750 bits per heavy atom. The summed E-state index contributed by atoms with van der Waals surface area (Å²) < 4.78 is 39.0. The molecule has 0 aliphatic carbocycles. The third-order valence-corrected chi connectivity index (χ3v) is 10.9. The Bertz CT molecular complexity index is 1600. The number of carbonyl (C=O) groups excluding carboxylic acids is 3. The van der Waals surface area contributed by atoms with E-state index < -0.39 is 57.8 Å². The maximum Gasteiger partial charge on any atom is 0.472 e. The monoisotopic (exact) mass is 969 g/mol. The van der Waals surface area contributed by atoms with Gasteiger partial charge in [-0.3, -0.25) is 23.4 Å². The van der Waals surface area contributed by atoms with Crippen molar-refractivity contribution in [2.75, 3.05) is 26.4 Å². The van der Waals surface area contributed by atoms with Gasteiger partial charge in [0.15, 0.2) is 6.10 Å². The van der Waals surface area contributed by atoms with E-state index in [2.05, 4.69) is 93.7 Å². The van der Waals surface area contributed by atoms with Gasteiger partial charge in [-0.15, -0.1) is 0 Å². The highest BCUT2D eigenvalue weighted by Crippen LogP contribution is 2.43. The minimum Gasteiger partial charge on any atom is -0.462 e. The second-order valence-corrected chi connectivity index (χ2v) is 17.7. The number of aliphatic hydroxyl groups excluding tert-OH is 1. The quantitative estimate of drug-likeness (QED) is 0.0197. The van der Waals surface area contributed by atoms with Crippen molar-refractivity contribution in [3.63, 3.8) is 0 Å². The first-order valence-corrected chi connectivity index (χ1v) is 26.9. The first-order valence-electron chi connectivity index (χ1n) is 25.4. The van der Waals surface area contributed by atoms with E-state index in [0.717, 1.165) is 70.6 Å². The Morgan fingerprint density at radius 3 is 1.12 bits per heavy atom. The van der Waals surface area contributed by atoms with Crippen LogP contribution in [0.3, 0.4) is 0 Å². The highest BCUT2D eigenvalue weighted by Gasteiger charge is 2.28. The maximum atomic E-state index is 12.8. The lowest BCUT2D eigenvalue weighted by atomic mass is 10.1. The number of allylic oxidation sites excluding steroid dienone is 18. The van der Waals surface area contributed by atoms with Gasteiger partial charge in [0.1, 0.15) is 12.7 Å². The maximum absolute atomic E-state index is 12.8. The number of hydrogen-bond acceptors (Lipinski definition) is 10. The van der Waals surface area contributed by atoms with Crippen LogP contribution in [0.1, 0.15) is 175 Å². The number of esters is 3. The zero-order chi connectivity index (χ0) is 49.9. The van der Waals surface area contributed by atoms with E-state index in [1.807, 2.05) is 36.5 Å². The molecule has 0 rings (SSSR count). The van der Waals surface area contributed by atoms with E-state index >= 15 is 0 Å². The first-order chi connectivity index (χ1) is 33.2. The van der Waals surface area contributed by atoms with Crippen LogP contribution in [0.15, 0.2) is 122 Å². The molecule has 3 atom stereocenters. The Kier molecular flexibility index (Phi) is 46.3. The first kappa shape index (κ1) is 63.9. The van der Waals surface area contributed by atoms with Crippen LogP contribution in [0.2, 0.25) is 0 Å². The molecule has 0 heterocycles. The van der Waals surface area contributed by atoms with Crippen LogP contribution >= 0.6 is 7.82 Å². The molecule has 0 aliphatic rings. The van der Waals surface area contributed by atoms with Gasteiger partial charge in [0.05, 0.1) is 32.7 Å². The lowest BCUT2D eigenvalue weighted by Gasteiger charge is -2.21. The zero-order valence-corrected chi connectivity index (χ0v) is 42.9. The average molecular weight is 969 g/mol. The number of hydrogen-bond donors (Lipinski definition) is 2. The Hall–Kier alpha value is -4.12. The van der Waals surface area contributed by atoms with Crippen molar-refractivity contribution in [3.8, 4) is 0 Å². The van der Waals surface area contributed by atoms with Gasteiger partial charge in [0.25, 0.3) is 0 Å². The fraction of sp³-hybridized carbons (Fsp3) is 0.589. The summed E-state index contributed by atoms with van der Waals surface area (Å²) in [7, 11) is -4.79. The second kappa shape index (κ2) is 49.3. The zero-order valence-electron chi connectivity index (χ0n) is 42.0. The fourth-order valence-electron chi connectivity index (χ4n) is 6.15. The summed E-state index contributed by atoms with van der Waals surface area (Å²) in [6, 6.07) is 0. The van der Waals surface area contributed by atoms with E-state index in [4.69, 9.17) is 23.3 Å². The van der Waals surface area contributed by atoms with Crippen molar-refractivity contribution in [1.29, 1.82) is 0 Å². The third kappa shape index (κ3) is 47.0. The summed E-state index contributed by atoms with van der Waals surface area (Å²) in [6.45, 7) is 4.14. The number of unbranched alkanes of at least 4 members (excludes halogenated alkanes) is 10. The van der Waals surface area contributed by atoms with Crippen molar-refractivity contribution in [2.24, 2.45) is 0 Å². The molecule has 0 saturated carbocycles. The van der Waals surface area contributed by atoms with Gasteiger partial charge in [-0.1, -0.05) is 206 Å². The number of aliphatic hydroxyl groups is 1. The predicted octanol–water partition coefficient (Wildman–Crippen LogP) is 14.5. The molecule has 0 bridgehead atoms. The molecule has 2 N–H and O–H groups in total. The Morgan fingerprint density at radius 1 is 0.426 bits per heavy atom. The van der Waals surface area contributed by atoms with Crippen LogP contribution in [-0.4, -0.2) is 66.5 Å². The van der Waals surface area contributed by atoms with Crippen LogP contribution in [0.25, 0.3) is 0 Å². The molecule has 0 aromatic carbocycles. The molecule has 11 nitrogen and oxygen atoms in total. The van der Waals surface area contributed by atoms with E-state index in [0.29, 0.717) is 19.3 Å². The lowest BCUT2D eigenvalue weighted by molar-refractivity contribution is -0.160. The van der Waals surface area contributed by atoms with E-state index in [-0.39, 0.29) is 25.9 Å². The lowest BCUT2D eigenvalue weighted by Crippen LogP contribution is -2.30. The Labute approximate surface area is 411 Å². The smallest absolute Gasteiger partial charge is 0.462 e. The molecule has 0 fully saturated rings. The minimum atomic E-state index is -4.79. The summed E-state index contributed by atoms with van der Waals surface area (Å²) in [5, 5.41) is 9.75. The van der Waals surface area contributed by atoms with Gasteiger partial charge >= 0.3 is 25.7 Å². The van der Waals surface area contributed by atoms with E-state index in [1.165, 1.54) is 44.9 Å². The topological polar surface area (TPSA) is 155 Å². The van der Waals surface area contributed by atoms with Gasteiger partial charge in [0.2, 0.25) is 0 Å². The van der Waals surface area contributed by atoms with Gasteiger partial charge in [-0.2, -0.15) is 0 Å². The van der Waals surface area contributed by atoms with Crippen molar-refractivity contribution >= 4 is 25.7 Å². The number of ether oxygens (including phenoxy) is 3. The molecule has 12 heteroatoms. The Balaban J connectivity index is 4.95. The summed E-state index contributed by atoms with van der Waals surface area (Å²) in [5.74, 6) is -1.77. The standard InChI is InChI=1S/C56H89O11P/c1-4-7-10-13-16-19-22-24-26-28-31-34-37-40-43-46-55(59)66-52(48-57)50-64-68(61,62)65-51-53(49-63-54(58)45-42-39-36-33-30-21-18-15-12-9-6-3)67-56(60)47-44-41-38-35-32-29-27-25-23-20-17-14-11-8-5-2/h7-8,10-11,16-17,19-20,24-27,31-32,34-35,40-41,43-44,52-53,57H,4-6,9,12-15,18,21-23,28-30,33,36-39,42,45-51H2,1-3H3,(H,61,62)/b10-7-,11-8-,19-16-,20-17-,26-24-,27-25-,34-31-,35-32-,43-40-,44-41-. The van der Waals surface area contributed by atoms with Crippen molar-refractivity contribution < 1.29 is 52.2 Å². The fourth-order valence-corrected chi connectivity index (χ4v) is 6.94. The molecule has 0 aromatic rings. The SMILES string of the molecule is CC/C=C\C/C=C\C/C=C\C/C=C\C/C=C\CC(=O)OC(CO)COP(=O)(O)OCC(COC(=O)CCCCCCCCCCCCC)OC(=O)C/C=C\C/C=C\C/C=C\C/C=C\C/C=C\CC. The van der Waals surface area contributed by atoms with Gasteiger partial charge < -0.3 is 24.2 Å². The molecular weight excluding hydrogens is 880 g/mol. The average Bonchev–Trinajstić information content (AvgIpc) is 3.32. The third-order valence-electron chi connectivity index (χ3n) is 9.95. The highest BCUT2D eigenvalue weighted by atomic mass is 31.2. The highest BCUT2D eigenvalue weighted by molar-refractivity contribution is 7.47. The van der Waals surface area contributed by atoms with Crippen LogP contribution in [0.5, 0.6) is 0 Å². The molecule has 0 aromatic heterocycles. The molecule has 0 radical (unpaired) electrons. The van der Waals surface area contributed by atoms with Gasteiger partial charge in [-0.25, -0.2) is 4.57 Å². The van der Waals surface area contributed by atoms with Crippen LogP contribution in [0, 0.1) is 0 Å². The van der Waals surface area contributed by atoms with Crippen LogP contribution < -0.4 is 0 Å². The molecular formula is C56H89O11P. The van der Waals surface area contributed by atoms with Gasteiger partial charge in [0, 0.05) is 6.42 Å².